The Morgan fingerprint density at radius 1 is 1.19 bits per heavy atom. The number of ether oxygens (including phenoxy) is 1. The normalized spacial score (nSPS) is 11.3. The van der Waals surface area contributed by atoms with Crippen LogP contribution in [0.4, 0.5) is 23.2 Å². The van der Waals surface area contributed by atoms with Crippen LogP contribution in [0.1, 0.15) is 16.7 Å². The molecule has 2 aromatic rings. The molecule has 0 spiro atoms. The fourth-order valence-corrected chi connectivity index (χ4v) is 2.44. The SMILES string of the molecule is Cc1cc(/C=C(\C#N)C(=O)Nc2ccc(F)cc2F)cc(C)c1OC(F)F. The largest absolute Gasteiger partial charge is 0.434 e. The Morgan fingerprint density at radius 3 is 2.33 bits per heavy atom. The molecule has 0 fully saturated rings. The van der Waals surface area contributed by atoms with E-state index in [0.29, 0.717) is 22.8 Å². The van der Waals surface area contributed by atoms with Gasteiger partial charge in [0.15, 0.2) is 0 Å². The summed E-state index contributed by atoms with van der Waals surface area (Å²) in [6.45, 7) is 0.110. The second-order valence-corrected chi connectivity index (χ2v) is 5.61. The highest BCUT2D eigenvalue weighted by Gasteiger charge is 2.15. The van der Waals surface area contributed by atoms with Crippen molar-refractivity contribution in [3.8, 4) is 11.8 Å². The maximum absolute atomic E-state index is 13.6. The summed E-state index contributed by atoms with van der Waals surface area (Å²) in [5.41, 5.74) is 0.557. The van der Waals surface area contributed by atoms with Gasteiger partial charge in [0.05, 0.1) is 5.69 Å². The summed E-state index contributed by atoms with van der Waals surface area (Å²) >= 11 is 0. The smallest absolute Gasteiger partial charge is 0.387 e. The molecule has 2 rings (SSSR count). The highest BCUT2D eigenvalue weighted by Crippen LogP contribution is 2.27. The van der Waals surface area contributed by atoms with Gasteiger partial charge in [0.1, 0.15) is 29.0 Å². The average molecular weight is 378 g/mol. The predicted molar refractivity (Wildman–Crippen MR) is 91.1 cm³/mol. The Labute approximate surface area is 152 Å². The number of carbonyl (C=O) groups excluding carboxylic acids is 1. The van der Waals surface area contributed by atoms with E-state index in [-0.39, 0.29) is 17.0 Å². The number of carbonyl (C=O) groups is 1. The molecular formula is C19H14F4N2O2. The number of amides is 1. The van der Waals surface area contributed by atoms with E-state index in [0.717, 1.165) is 12.1 Å². The van der Waals surface area contributed by atoms with Crippen LogP contribution in [0.5, 0.6) is 5.75 Å². The van der Waals surface area contributed by atoms with E-state index in [2.05, 4.69) is 10.1 Å². The molecule has 8 heteroatoms. The fourth-order valence-electron chi connectivity index (χ4n) is 2.44. The molecule has 0 radical (unpaired) electrons. The Kier molecular flexibility index (Phi) is 6.19. The molecule has 1 amide bonds. The third-order valence-corrected chi connectivity index (χ3v) is 3.55. The first-order chi connectivity index (χ1) is 12.7. The number of alkyl halides is 2. The molecule has 2 aromatic carbocycles. The standard InChI is InChI=1S/C19H14F4N2O2/c1-10-5-12(6-11(2)17(10)27-19(22)23)7-13(9-24)18(26)25-16-4-3-14(20)8-15(16)21/h3-8,19H,1-2H3,(H,25,26)/b13-7+. The third-order valence-electron chi connectivity index (χ3n) is 3.55. The number of nitrogens with zero attached hydrogens (tertiary/aromatic N) is 1. The van der Waals surface area contributed by atoms with Crippen molar-refractivity contribution in [1.29, 1.82) is 5.26 Å². The molecule has 4 nitrogen and oxygen atoms in total. The minimum atomic E-state index is -2.98. The minimum absolute atomic E-state index is 0.0125. The van der Waals surface area contributed by atoms with Crippen molar-refractivity contribution in [2.75, 3.05) is 5.32 Å². The molecule has 0 bridgehead atoms. The van der Waals surface area contributed by atoms with Gasteiger partial charge in [0, 0.05) is 6.07 Å². The highest BCUT2D eigenvalue weighted by atomic mass is 19.3. The van der Waals surface area contributed by atoms with Crippen molar-refractivity contribution in [2.45, 2.75) is 20.5 Å². The molecule has 0 unspecified atom stereocenters. The van der Waals surface area contributed by atoms with Crippen LogP contribution >= 0.6 is 0 Å². The molecule has 0 heterocycles. The van der Waals surface area contributed by atoms with Gasteiger partial charge in [-0.2, -0.15) is 14.0 Å². The zero-order valence-corrected chi connectivity index (χ0v) is 14.3. The molecule has 0 aliphatic rings. The summed E-state index contributed by atoms with van der Waals surface area (Å²) in [5, 5.41) is 11.4. The van der Waals surface area contributed by atoms with E-state index in [4.69, 9.17) is 0 Å². The summed E-state index contributed by atoms with van der Waals surface area (Å²) < 4.78 is 55.8. The van der Waals surface area contributed by atoms with Crippen LogP contribution in [0.25, 0.3) is 6.08 Å². The Hall–Kier alpha value is -3.34. The van der Waals surface area contributed by atoms with E-state index in [1.807, 2.05) is 0 Å². The van der Waals surface area contributed by atoms with Crippen LogP contribution in [0.15, 0.2) is 35.9 Å². The highest BCUT2D eigenvalue weighted by molar-refractivity contribution is 6.09. The lowest BCUT2D eigenvalue weighted by molar-refractivity contribution is -0.112. The summed E-state index contributed by atoms with van der Waals surface area (Å²) in [6.07, 6.45) is 1.23. The zero-order valence-electron chi connectivity index (χ0n) is 14.3. The number of aryl methyl sites for hydroxylation is 2. The zero-order chi connectivity index (χ0) is 20.1. The van der Waals surface area contributed by atoms with Crippen LogP contribution in [0.3, 0.4) is 0 Å². The van der Waals surface area contributed by atoms with E-state index in [1.54, 1.807) is 19.9 Å². The van der Waals surface area contributed by atoms with E-state index in [1.165, 1.54) is 18.2 Å². The number of nitrogens with one attached hydrogen (secondary N) is 1. The average Bonchev–Trinajstić information content (AvgIpc) is 2.58. The molecule has 0 aromatic heterocycles. The second-order valence-electron chi connectivity index (χ2n) is 5.61. The minimum Gasteiger partial charge on any atom is -0.434 e. The number of halogens is 4. The van der Waals surface area contributed by atoms with Crippen molar-refractivity contribution in [1.82, 2.24) is 0 Å². The number of nitriles is 1. The topological polar surface area (TPSA) is 62.1 Å². The van der Waals surface area contributed by atoms with Gasteiger partial charge in [-0.15, -0.1) is 0 Å². The third kappa shape index (κ3) is 5.07. The molecular weight excluding hydrogens is 364 g/mol. The van der Waals surface area contributed by atoms with Crippen LogP contribution in [-0.4, -0.2) is 12.5 Å². The summed E-state index contributed by atoms with van der Waals surface area (Å²) in [4.78, 5) is 12.2. The molecule has 140 valence electrons. The number of benzene rings is 2. The maximum atomic E-state index is 13.6. The molecule has 0 saturated heterocycles. The Morgan fingerprint density at radius 2 is 1.81 bits per heavy atom. The Balaban J connectivity index is 2.30. The van der Waals surface area contributed by atoms with Gasteiger partial charge < -0.3 is 10.1 Å². The molecule has 0 atom stereocenters. The lowest BCUT2D eigenvalue weighted by Crippen LogP contribution is -2.14. The van der Waals surface area contributed by atoms with Crippen molar-refractivity contribution in [3.63, 3.8) is 0 Å². The quantitative estimate of drug-likeness (QED) is 0.465. The lowest BCUT2D eigenvalue weighted by atomic mass is 10.0. The van der Waals surface area contributed by atoms with Crippen molar-refractivity contribution in [2.24, 2.45) is 0 Å². The lowest BCUT2D eigenvalue weighted by Gasteiger charge is -2.12. The van der Waals surface area contributed by atoms with Gasteiger partial charge in [-0.25, -0.2) is 8.78 Å². The number of hydrogen-bond acceptors (Lipinski definition) is 3. The molecule has 0 aliphatic heterocycles. The van der Waals surface area contributed by atoms with Crippen molar-refractivity contribution < 1.29 is 27.1 Å². The first-order valence-corrected chi connectivity index (χ1v) is 7.65. The van der Waals surface area contributed by atoms with Crippen LogP contribution in [0, 0.1) is 36.8 Å². The molecule has 0 aliphatic carbocycles. The van der Waals surface area contributed by atoms with Gasteiger partial charge in [0.2, 0.25) is 0 Å². The Bertz CT molecular complexity index is 926. The second kappa shape index (κ2) is 8.36. The monoisotopic (exact) mass is 378 g/mol. The molecule has 1 N–H and O–H groups in total. The van der Waals surface area contributed by atoms with Gasteiger partial charge in [-0.05, 0) is 60.9 Å². The maximum Gasteiger partial charge on any atom is 0.387 e. The van der Waals surface area contributed by atoms with E-state index < -0.39 is 24.2 Å². The molecule has 0 saturated carbocycles. The predicted octanol–water partition coefficient (Wildman–Crippen LogP) is 4.73. The number of anilines is 1. The summed E-state index contributed by atoms with van der Waals surface area (Å²) in [6, 6.07) is 7.21. The first-order valence-electron chi connectivity index (χ1n) is 7.65. The van der Waals surface area contributed by atoms with E-state index >= 15 is 0 Å². The van der Waals surface area contributed by atoms with Gasteiger partial charge >= 0.3 is 6.61 Å². The van der Waals surface area contributed by atoms with Crippen molar-refractivity contribution >= 4 is 17.7 Å². The van der Waals surface area contributed by atoms with Crippen molar-refractivity contribution in [3.05, 3.63) is 64.2 Å². The van der Waals surface area contributed by atoms with E-state index in [9.17, 15) is 27.6 Å². The summed E-state index contributed by atoms with van der Waals surface area (Å²) in [5.74, 6) is -2.68. The van der Waals surface area contributed by atoms with Crippen LogP contribution in [0.2, 0.25) is 0 Å². The first kappa shape index (κ1) is 20.0. The fraction of sp³-hybridized carbons (Fsp3) is 0.158. The van der Waals surface area contributed by atoms with Crippen LogP contribution in [-0.2, 0) is 4.79 Å². The number of rotatable bonds is 5. The molecule has 27 heavy (non-hydrogen) atoms. The van der Waals surface area contributed by atoms with Gasteiger partial charge in [-0.1, -0.05) is 0 Å². The number of hydrogen-bond donors (Lipinski definition) is 1. The van der Waals surface area contributed by atoms with Gasteiger partial charge in [-0.3, -0.25) is 4.79 Å². The van der Waals surface area contributed by atoms with Crippen LogP contribution < -0.4 is 10.1 Å². The summed E-state index contributed by atoms with van der Waals surface area (Å²) in [7, 11) is 0. The van der Waals surface area contributed by atoms with Gasteiger partial charge in [0.25, 0.3) is 5.91 Å².